The van der Waals surface area contributed by atoms with Gasteiger partial charge in [-0.2, -0.15) is 4.98 Å². The lowest BCUT2D eigenvalue weighted by molar-refractivity contribution is 0.303. The summed E-state index contributed by atoms with van der Waals surface area (Å²) in [6, 6.07) is 11.3. The second kappa shape index (κ2) is 6.60. The van der Waals surface area contributed by atoms with Gasteiger partial charge in [-0.1, -0.05) is 30.4 Å². The van der Waals surface area contributed by atoms with Crippen molar-refractivity contribution in [2.24, 2.45) is 0 Å². The monoisotopic (exact) mass is 315 g/mol. The van der Waals surface area contributed by atoms with Crippen molar-refractivity contribution in [1.82, 2.24) is 14.6 Å². The average Bonchev–Trinajstić information content (AvgIpc) is 2.91. The van der Waals surface area contributed by atoms with E-state index in [4.69, 9.17) is 21.4 Å². The van der Waals surface area contributed by atoms with Gasteiger partial charge in [-0.05, 0) is 41.8 Å². The van der Waals surface area contributed by atoms with E-state index in [0.717, 1.165) is 11.1 Å². The second-order valence-corrected chi connectivity index (χ2v) is 4.96. The molecule has 0 saturated heterocycles. The molecule has 0 atom stereocenters. The first-order chi connectivity index (χ1) is 10.8. The van der Waals surface area contributed by atoms with Gasteiger partial charge in [0.15, 0.2) is 0 Å². The van der Waals surface area contributed by atoms with Crippen molar-refractivity contribution in [2.75, 3.05) is 6.61 Å². The van der Waals surface area contributed by atoms with Crippen LogP contribution in [0.5, 0.6) is 11.6 Å². The predicted molar refractivity (Wildman–Crippen MR) is 85.2 cm³/mol. The fourth-order valence-corrected chi connectivity index (χ4v) is 2.19. The largest absolute Gasteiger partial charge is 0.437 e. The quantitative estimate of drug-likeness (QED) is 0.782. The first-order valence-corrected chi connectivity index (χ1v) is 7.20. The van der Waals surface area contributed by atoms with E-state index < -0.39 is 0 Å². The van der Waals surface area contributed by atoms with E-state index in [1.165, 1.54) is 0 Å². The standard InChI is InChI=1S/C16H14ClN3O2/c17-16-18-15(22-13-7-2-1-3-8-13)14-10-12(6-4-5-9-21)11-20(14)19-16/h1-4,6-8,10-11,21H,5,9H2. The van der Waals surface area contributed by atoms with Gasteiger partial charge in [0.05, 0.1) is 0 Å². The minimum absolute atomic E-state index is 0.111. The lowest BCUT2D eigenvalue weighted by Gasteiger charge is -2.06. The normalized spacial score (nSPS) is 11.4. The molecule has 0 spiro atoms. The number of halogens is 1. The van der Waals surface area contributed by atoms with E-state index in [1.54, 1.807) is 4.52 Å². The lowest BCUT2D eigenvalue weighted by Crippen LogP contribution is -1.97. The Balaban J connectivity index is 1.98. The van der Waals surface area contributed by atoms with Crippen LogP contribution in [0.4, 0.5) is 0 Å². The van der Waals surface area contributed by atoms with Crippen LogP contribution in [-0.2, 0) is 0 Å². The highest BCUT2D eigenvalue weighted by Gasteiger charge is 2.10. The van der Waals surface area contributed by atoms with Gasteiger partial charge in [0, 0.05) is 12.8 Å². The van der Waals surface area contributed by atoms with Gasteiger partial charge in [-0.3, -0.25) is 0 Å². The summed E-state index contributed by atoms with van der Waals surface area (Å²) >= 11 is 5.95. The third-order valence-electron chi connectivity index (χ3n) is 2.99. The fraction of sp³-hybridized carbons (Fsp3) is 0.125. The molecule has 6 heteroatoms. The summed E-state index contributed by atoms with van der Waals surface area (Å²) in [5.41, 5.74) is 1.65. The number of aromatic nitrogens is 3. The van der Waals surface area contributed by atoms with E-state index in [1.807, 2.05) is 54.7 Å². The molecule has 3 rings (SSSR count). The summed E-state index contributed by atoms with van der Waals surface area (Å²) < 4.78 is 7.42. The molecule has 2 aromatic heterocycles. The maximum Gasteiger partial charge on any atom is 0.248 e. The zero-order valence-electron chi connectivity index (χ0n) is 11.7. The molecular weight excluding hydrogens is 302 g/mol. The summed E-state index contributed by atoms with van der Waals surface area (Å²) in [6.45, 7) is 0.123. The Bertz CT molecular complexity index is 800. The number of para-hydroxylation sites is 1. The van der Waals surface area contributed by atoms with Crippen molar-refractivity contribution >= 4 is 23.2 Å². The van der Waals surface area contributed by atoms with Gasteiger partial charge in [0.2, 0.25) is 11.2 Å². The molecular formula is C16H14ClN3O2. The molecule has 0 aliphatic carbocycles. The zero-order chi connectivity index (χ0) is 15.4. The lowest BCUT2D eigenvalue weighted by atomic mass is 10.3. The Kier molecular flexibility index (Phi) is 4.37. The van der Waals surface area contributed by atoms with Crippen molar-refractivity contribution in [1.29, 1.82) is 0 Å². The summed E-state index contributed by atoms with van der Waals surface area (Å²) in [7, 11) is 0. The number of ether oxygens (including phenoxy) is 1. The van der Waals surface area contributed by atoms with Crippen LogP contribution in [0.2, 0.25) is 5.28 Å². The maximum absolute atomic E-state index is 8.81. The molecule has 22 heavy (non-hydrogen) atoms. The number of benzene rings is 1. The van der Waals surface area contributed by atoms with Crippen molar-refractivity contribution in [3.05, 3.63) is 59.5 Å². The predicted octanol–water partition coefficient (Wildman–Crippen LogP) is 3.57. The maximum atomic E-state index is 8.81. The number of aliphatic hydroxyl groups excluding tert-OH is 1. The molecule has 0 radical (unpaired) electrons. The van der Waals surface area contributed by atoms with Crippen molar-refractivity contribution in [3.8, 4) is 11.6 Å². The summed E-state index contributed by atoms with van der Waals surface area (Å²) in [4.78, 5) is 4.15. The molecule has 5 nitrogen and oxygen atoms in total. The SMILES string of the molecule is OCCC=Cc1cc2c(Oc3ccccc3)nc(Cl)nn2c1. The molecule has 1 N–H and O–H groups in total. The molecule has 0 amide bonds. The molecule has 3 aromatic rings. The summed E-state index contributed by atoms with van der Waals surface area (Å²) in [5, 5.41) is 13.1. The van der Waals surface area contributed by atoms with Gasteiger partial charge in [-0.15, -0.1) is 5.10 Å². The Labute approximate surface area is 132 Å². The van der Waals surface area contributed by atoms with Gasteiger partial charge in [0.1, 0.15) is 11.3 Å². The zero-order valence-corrected chi connectivity index (χ0v) is 12.4. The van der Waals surface area contributed by atoms with Gasteiger partial charge >= 0.3 is 0 Å². The van der Waals surface area contributed by atoms with Crippen LogP contribution < -0.4 is 4.74 Å². The molecule has 112 valence electrons. The van der Waals surface area contributed by atoms with Gasteiger partial charge < -0.3 is 9.84 Å². The Morgan fingerprint density at radius 2 is 2.09 bits per heavy atom. The van der Waals surface area contributed by atoms with Crippen LogP contribution in [0.3, 0.4) is 0 Å². The molecule has 0 unspecified atom stereocenters. The van der Waals surface area contributed by atoms with Crippen LogP contribution in [0.1, 0.15) is 12.0 Å². The number of rotatable bonds is 5. The van der Waals surface area contributed by atoms with Crippen LogP contribution in [0.15, 0.2) is 48.7 Å². The first kappa shape index (κ1) is 14.6. The first-order valence-electron chi connectivity index (χ1n) is 6.82. The second-order valence-electron chi connectivity index (χ2n) is 4.62. The fourth-order valence-electron chi connectivity index (χ4n) is 2.03. The highest BCUT2D eigenvalue weighted by Crippen LogP contribution is 2.26. The number of nitrogens with zero attached hydrogens (tertiary/aromatic N) is 3. The number of fused-ring (bicyclic) bond motifs is 1. The minimum atomic E-state index is 0.111. The number of aliphatic hydroxyl groups is 1. The van der Waals surface area contributed by atoms with E-state index in [0.29, 0.717) is 18.1 Å². The summed E-state index contributed by atoms with van der Waals surface area (Å²) in [6.07, 6.45) is 6.23. The molecule has 0 saturated carbocycles. The molecule has 0 aliphatic heterocycles. The van der Waals surface area contributed by atoms with Gasteiger partial charge in [0.25, 0.3) is 0 Å². The van der Waals surface area contributed by atoms with Crippen LogP contribution in [0, 0.1) is 0 Å². The van der Waals surface area contributed by atoms with Crippen LogP contribution in [0.25, 0.3) is 11.6 Å². The molecule has 0 aliphatic rings. The van der Waals surface area contributed by atoms with Crippen LogP contribution >= 0.6 is 11.6 Å². The van der Waals surface area contributed by atoms with E-state index in [2.05, 4.69) is 10.1 Å². The molecule has 2 heterocycles. The molecule has 0 bridgehead atoms. The van der Waals surface area contributed by atoms with Crippen LogP contribution in [-0.4, -0.2) is 26.3 Å². The summed E-state index contributed by atoms with van der Waals surface area (Å²) in [5.74, 6) is 1.07. The Morgan fingerprint density at radius 3 is 2.86 bits per heavy atom. The third-order valence-corrected chi connectivity index (χ3v) is 3.15. The smallest absolute Gasteiger partial charge is 0.248 e. The Morgan fingerprint density at radius 1 is 1.27 bits per heavy atom. The van der Waals surface area contributed by atoms with E-state index in [9.17, 15) is 0 Å². The topological polar surface area (TPSA) is 59.7 Å². The van der Waals surface area contributed by atoms with Crippen molar-refractivity contribution in [2.45, 2.75) is 6.42 Å². The number of hydrogen-bond acceptors (Lipinski definition) is 4. The highest BCUT2D eigenvalue weighted by molar-refractivity contribution is 6.28. The third kappa shape index (κ3) is 3.27. The number of hydrogen-bond donors (Lipinski definition) is 1. The van der Waals surface area contributed by atoms with Gasteiger partial charge in [-0.25, -0.2) is 4.52 Å². The van der Waals surface area contributed by atoms with Crippen molar-refractivity contribution < 1.29 is 9.84 Å². The van der Waals surface area contributed by atoms with Crippen molar-refractivity contribution in [3.63, 3.8) is 0 Å². The highest BCUT2D eigenvalue weighted by atomic mass is 35.5. The molecule has 0 fully saturated rings. The van der Waals surface area contributed by atoms with E-state index >= 15 is 0 Å². The van der Waals surface area contributed by atoms with E-state index in [-0.39, 0.29) is 11.9 Å². The minimum Gasteiger partial charge on any atom is -0.437 e. The Hall–Kier alpha value is -2.37. The molecule has 1 aromatic carbocycles. The average molecular weight is 316 g/mol.